The summed E-state index contributed by atoms with van der Waals surface area (Å²) in [6.45, 7) is 3.76. The Morgan fingerprint density at radius 3 is 2.35 bits per heavy atom. The number of carbonyl (C=O) groups is 2. The number of rotatable bonds is 7. The molecule has 0 aliphatic heterocycles. The minimum atomic E-state index is -0.349. The van der Waals surface area contributed by atoms with Gasteiger partial charge in [-0.25, -0.2) is 0 Å². The molecule has 3 rings (SSSR count). The molecule has 4 heteroatoms. The van der Waals surface area contributed by atoms with Crippen molar-refractivity contribution in [2.24, 2.45) is 0 Å². The first kappa shape index (κ1) is 17.8. The number of allylic oxidation sites excluding steroid dienone is 1. The summed E-state index contributed by atoms with van der Waals surface area (Å²) in [7, 11) is 0. The predicted molar refractivity (Wildman–Crippen MR) is 107 cm³/mol. The number of thiophene rings is 1. The molecule has 1 N–H and O–H groups in total. The summed E-state index contributed by atoms with van der Waals surface area (Å²) in [6, 6.07) is 20.3. The van der Waals surface area contributed by atoms with E-state index in [2.05, 4.69) is 11.9 Å². The second-order valence-electron chi connectivity index (χ2n) is 5.86. The molecule has 0 fully saturated rings. The van der Waals surface area contributed by atoms with Crippen molar-refractivity contribution in [3.8, 4) is 0 Å². The fourth-order valence-electron chi connectivity index (χ4n) is 2.73. The number of amides is 1. The number of anilines is 1. The first-order valence-corrected chi connectivity index (χ1v) is 9.22. The fourth-order valence-corrected chi connectivity index (χ4v) is 3.41. The van der Waals surface area contributed by atoms with Gasteiger partial charge >= 0.3 is 0 Å². The molecule has 1 aromatic heterocycles. The third kappa shape index (κ3) is 4.16. The van der Waals surface area contributed by atoms with E-state index in [9.17, 15) is 9.59 Å². The number of carbonyl (C=O) groups excluding carboxylic acids is 2. The number of nitrogens with one attached hydrogen (secondary N) is 1. The van der Waals surface area contributed by atoms with E-state index in [-0.39, 0.29) is 17.6 Å². The Morgan fingerprint density at radius 2 is 1.73 bits per heavy atom. The van der Waals surface area contributed by atoms with Crippen LogP contribution in [0, 0.1) is 0 Å². The van der Waals surface area contributed by atoms with E-state index in [0.717, 1.165) is 11.3 Å². The molecule has 2 aromatic carbocycles. The molecule has 3 aromatic rings. The van der Waals surface area contributed by atoms with Crippen molar-refractivity contribution in [2.45, 2.75) is 12.3 Å². The SMILES string of the molecule is C=CCC(C(=O)Nc1ccccc1)c1ccc(C(=O)c2cccs2)cc1. The molecule has 0 spiro atoms. The van der Waals surface area contributed by atoms with E-state index in [4.69, 9.17) is 0 Å². The number of para-hydroxylation sites is 1. The molecule has 0 aliphatic rings. The first-order valence-electron chi connectivity index (χ1n) is 8.34. The van der Waals surface area contributed by atoms with Crippen LogP contribution in [0.1, 0.15) is 33.1 Å². The minimum Gasteiger partial charge on any atom is -0.326 e. The van der Waals surface area contributed by atoms with Gasteiger partial charge in [0.15, 0.2) is 0 Å². The zero-order valence-corrected chi connectivity index (χ0v) is 15.0. The van der Waals surface area contributed by atoms with Crippen molar-refractivity contribution in [1.29, 1.82) is 0 Å². The highest BCUT2D eigenvalue weighted by molar-refractivity contribution is 7.12. The summed E-state index contributed by atoms with van der Waals surface area (Å²) in [5.74, 6) is -0.437. The van der Waals surface area contributed by atoms with Gasteiger partial charge in [0.25, 0.3) is 0 Å². The second kappa shape index (κ2) is 8.41. The monoisotopic (exact) mass is 361 g/mol. The lowest BCUT2D eigenvalue weighted by atomic mass is 9.93. The topological polar surface area (TPSA) is 46.2 Å². The number of hydrogen-bond donors (Lipinski definition) is 1. The molecule has 0 aliphatic carbocycles. The molecule has 0 saturated heterocycles. The molecule has 26 heavy (non-hydrogen) atoms. The van der Waals surface area contributed by atoms with E-state index >= 15 is 0 Å². The molecule has 3 nitrogen and oxygen atoms in total. The lowest BCUT2D eigenvalue weighted by Crippen LogP contribution is -2.21. The Labute approximate surface area is 157 Å². The first-order chi connectivity index (χ1) is 12.7. The average Bonchev–Trinajstić information content (AvgIpc) is 3.21. The van der Waals surface area contributed by atoms with Gasteiger partial charge in [0.1, 0.15) is 0 Å². The summed E-state index contributed by atoms with van der Waals surface area (Å²) >= 11 is 1.42. The normalized spacial score (nSPS) is 11.5. The fraction of sp³-hybridized carbons (Fsp3) is 0.0909. The second-order valence-corrected chi connectivity index (χ2v) is 6.81. The van der Waals surface area contributed by atoms with Gasteiger partial charge in [-0.3, -0.25) is 9.59 Å². The van der Waals surface area contributed by atoms with Crippen LogP contribution in [-0.4, -0.2) is 11.7 Å². The third-order valence-corrected chi connectivity index (χ3v) is 4.95. The minimum absolute atomic E-state index is 0.000516. The van der Waals surface area contributed by atoms with Gasteiger partial charge in [-0.05, 0) is 35.6 Å². The van der Waals surface area contributed by atoms with E-state index in [1.165, 1.54) is 11.3 Å². The lowest BCUT2D eigenvalue weighted by molar-refractivity contribution is -0.117. The summed E-state index contributed by atoms with van der Waals surface area (Å²) in [5.41, 5.74) is 2.24. The van der Waals surface area contributed by atoms with Crippen LogP contribution < -0.4 is 5.32 Å². The van der Waals surface area contributed by atoms with Crippen molar-refractivity contribution in [2.75, 3.05) is 5.32 Å². The van der Waals surface area contributed by atoms with Gasteiger partial charge in [0.05, 0.1) is 10.8 Å². The van der Waals surface area contributed by atoms with E-state index < -0.39 is 0 Å². The van der Waals surface area contributed by atoms with Crippen molar-refractivity contribution in [3.63, 3.8) is 0 Å². The predicted octanol–water partition coefficient (Wildman–Crippen LogP) is 5.28. The molecule has 0 bridgehead atoms. The van der Waals surface area contributed by atoms with Gasteiger partial charge in [-0.2, -0.15) is 0 Å². The van der Waals surface area contributed by atoms with Gasteiger partial charge < -0.3 is 5.32 Å². The van der Waals surface area contributed by atoms with E-state index in [1.807, 2.05) is 60.0 Å². The Balaban J connectivity index is 1.78. The maximum Gasteiger partial charge on any atom is 0.232 e. The molecule has 130 valence electrons. The van der Waals surface area contributed by atoms with Crippen molar-refractivity contribution in [3.05, 3.63) is 101 Å². The quantitative estimate of drug-likeness (QED) is 0.460. The van der Waals surface area contributed by atoms with Crippen LogP contribution in [0.5, 0.6) is 0 Å². The standard InChI is InChI=1S/C22H19NO2S/c1-2-7-19(22(25)23-18-8-4-3-5-9-18)16-11-13-17(14-12-16)21(24)20-10-6-15-26-20/h2-6,8-15,19H,1,7H2,(H,23,25). The molecule has 1 atom stereocenters. The Hall–Kier alpha value is -2.98. The van der Waals surface area contributed by atoms with Crippen molar-refractivity contribution < 1.29 is 9.59 Å². The van der Waals surface area contributed by atoms with Gasteiger partial charge in [-0.1, -0.05) is 54.6 Å². The maximum atomic E-state index is 12.7. The van der Waals surface area contributed by atoms with Crippen LogP contribution in [-0.2, 0) is 4.79 Å². The summed E-state index contributed by atoms with van der Waals surface area (Å²) in [6.07, 6.45) is 2.26. The highest BCUT2D eigenvalue weighted by Crippen LogP contribution is 2.24. The van der Waals surface area contributed by atoms with E-state index in [1.54, 1.807) is 18.2 Å². The van der Waals surface area contributed by atoms with Gasteiger partial charge in [0, 0.05) is 11.3 Å². The third-order valence-electron chi connectivity index (χ3n) is 4.08. The highest BCUT2D eigenvalue weighted by Gasteiger charge is 2.20. The number of ketones is 1. The van der Waals surface area contributed by atoms with Crippen molar-refractivity contribution >= 4 is 28.7 Å². The van der Waals surface area contributed by atoms with Crippen molar-refractivity contribution in [1.82, 2.24) is 0 Å². The Kier molecular flexibility index (Phi) is 5.77. The highest BCUT2D eigenvalue weighted by atomic mass is 32.1. The zero-order valence-electron chi connectivity index (χ0n) is 14.2. The number of hydrogen-bond acceptors (Lipinski definition) is 3. The van der Waals surface area contributed by atoms with Gasteiger partial charge in [-0.15, -0.1) is 17.9 Å². The van der Waals surface area contributed by atoms with Crippen LogP contribution >= 0.6 is 11.3 Å². The molecule has 1 amide bonds. The molecule has 0 radical (unpaired) electrons. The van der Waals surface area contributed by atoms with Crippen LogP contribution in [0.3, 0.4) is 0 Å². The smallest absolute Gasteiger partial charge is 0.232 e. The van der Waals surface area contributed by atoms with Crippen LogP contribution in [0.2, 0.25) is 0 Å². The Bertz CT molecular complexity index is 884. The largest absolute Gasteiger partial charge is 0.326 e. The average molecular weight is 361 g/mol. The van der Waals surface area contributed by atoms with Crippen LogP contribution in [0.15, 0.2) is 84.8 Å². The lowest BCUT2D eigenvalue weighted by Gasteiger charge is -2.16. The summed E-state index contributed by atoms with van der Waals surface area (Å²) in [5, 5.41) is 4.82. The maximum absolute atomic E-state index is 12.7. The van der Waals surface area contributed by atoms with Crippen LogP contribution in [0.25, 0.3) is 0 Å². The number of benzene rings is 2. The Morgan fingerprint density at radius 1 is 1.00 bits per heavy atom. The van der Waals surface area contributed by atoms with Crippen LogP contribution in [0.4, 0.5) is 5.69 Å². The molecule has 1 unspecified atom stereocenters. The van der Waals surface area contributed by atoms with Gasteiger partial charge in [0.2, 0.25) is 11.7 Å². The molecule has 1 heterocycles. The molecular weight excluding hydrogens is 342 g/mol. The zero-order chi connectivity index (χ0) is 18.4. The summed E-state index contributed by atoms with van der Waals surface area (Å²) in [4.78, 5) is 25.8. The molecular formula is C22H19NO2S. The summed E-state index contributed by atoms with van der Waals surface area (Å²) < 4.78 is 0. The molecule has 0 saturated carbocycles. The van der Waals surface area contributed by atoms with E-state index in [0.29, 0.717) is 16.9 Å².